The Morgan fingerprint density at radius 2 is 2.36 bits per heavy atom. The van der Waals surface area contributed by atoms with E-state index < -0.39 is 5.97 Å². The van der Waals surface area contributed by atoms with E-state index in [1.807, 2.05) is 0 Å². The van der Waals surface area contributed by atoms with Gasteiger partial charge in [0.25, 0.3) is 0 Å². The zero-order valence-electron chi connectivity index (χ0n) is 8.99. The van der Waals surface area contributed by atoms with Gasteiger partial charge in [-0.15, -0.1) is 0 Å². The molecule has 1 aliphatic heterocycles. The highest BCUT2D eigenvalue weighted by atomic mass is 16.4. The maximum absolute atomic E-state index is 10.5. The number of hydrogen-bond acceptors (Lipinski definition) is 3. The minimum Gasteiger partial charge on any atom is -0.481 e. The Labute approximate surface area is 85.3 Å². The fraction of sp³-hybridized carbons (Fsp3) is 0.900. The van der Waals surface area contributed by atoms with Crippen LogP contribution >= 0.6 is 0 Å². The van der Waals surface area contributed by atoms with Crippen LogP contribution in [0.2, 0.25) is 0 Å². The number of likely N-dealkylation sites (N-methyl/N-ethyl adjacent to an activating group) is 1. The van der Waals surface area contributed by atoms with E-state index in [1.165, 1.54) is 0 Å². The van der Waals surface area contributed by atoms with Gasteiger partial charge in [0.2, 0.25) is 0 Å². The maximum atomic E-state index is 10.5. The number of nitrogens with zero attached hydrogens (tertiary/aromatic N) is 1. The van der Waals surface area contributed by atoms with E-state index in [-0.39, 0.29) is 6.42 Å². The first kappa shape index (κ1) is 11.5. The largest absolute Gasteiger partial charge is 0.481 e. The second-order valence-corrected chi connectivity index (χ2v) is 4.09. The van der Waals surface area contributed by atoms with E-state index in [1.54, 1.807) is 0 Å². The molecule has 1 saturated heterocycles. The Bertz CT molecular complexity index is 197. The molecule has 0 aromatic rings. The van der Waals surface area contributed by atoms with Crippen LogP contribution in [0.25, 0.3) is 0 Å². The molecule has 0 aliphatic carbocycles. The van der Waals surface area contributed by atoms with E-state index in [9.17, 15) is 4.79 Å². The fourth-order valence-electron chi connectivity index (χ4n) is 1.88. The van der Waals surface area contributed by atoms with Gasteiger partial charge < -0.3 is 10.4 Å². The van der Waals surface area contributed by atoms with Gasteiger partial charge in [0.05, 0.1) is 0 Å². The van der Waals surface area contributed by atoms with Gasteiger partial charge in [0.1, 0.15) is 0 Å². The van der Waals surface area contributed by atoms with Crippen molar-refractivity contribution >= 4 is 5.97 Å². The van der Waals surface area contributed by atoms with Gasteiger partial charge in [0, 0.05) is 25.0 Å². The molecule has 0 aromatic heterocycles. The van der Waals surface area contributed by atoms with E-state index in [0.29, 0.717) is 12.1 Å². The van der Waals surface area contributed by atoms with Crippen molar-refractivity contribution in [1.82, 2.24) is 10.2 Å². The minimum absolute atomic E-state index is 0.267. The summed E-state index contributed by atoms with van der Waals surface area (Å²) in [6.07, 6.45) is 2.15. The van der Waals surface area contributed by atoms with Crippen LogP contribution in [-0.2, 0) is 4.79 Å². The topological polar surface area (TPSA) is 52.6 Å². The highest BCUT2D eigenvalue weighted by molar-refractivity contribution is 5.66. The number of hydrogen-bond donors (Lipinski definition) is 2. The van der Waals surface area contributed by atoms with Crippen LogP contribution in [-0.4, -0.2) is 48.2 Å². The van der Waals surface area contributed by atoms with Crippen LogP contribution in [0.1, 0.15) is 26.2 Å². The first-order chi connectivity index (χ1) is 6.61. The number of aliphatic carboxylic acids is 1. The van der Waals surface area contributed by atoms with Crippen molar-refractivity contribution in [1.29, 1.82) is 0 Å². The number of rotatable bonds is 3. The van der Waals surface area contributed by atoms with Crippen molar-refractivity contribution in [3.05, 3.63) is 0 Å². The lowest BCUT2D eigenvalue weighted by molar-refractivity contribution is -0.137. The van der Waals surface area contributed by atoms with Crippen molar-refractivity contribution in [2.45, 2.75) is 38.3 Å². The Morgan fingerprint density at radius 1 is 1.64 bits per heavy atom. The van der Waals surface area contributed by atoms with Gasteiger partial charge in [-0.1, -0.05) is 0 Å². The number of carboxylic acids is 1. The van der Waals surface area contributed by atoms with Crippen LogP contribution < -0.4 is 5.32 Å². The quantitative estimate of drug-likeness (QED) is 0.698. The Balaban J connectivity index is 2.43. The van der Waals surface area contributed by atoms with Crippen LogP contribution in [0.4, 0.5) is 0 Å². The van der Waals surface area contributed by atoms with Crippen LogP contribution in [0.3, 0.4) is 0 Å². The Hall–Kier alpha value is -0.610. The molecule has 14 heavy (non-hydrogen) atoms. The normalized spacial score (nSPS) is 29.9. The highest BCUT2D eigenvalue weighted by Gasteiger charge is 2.22. The fourth-order valence-corrected chi connectivity index (χ4v) is 1.88. The standard InChI is InChI=1S/C10H20N2O2/c1-8-5-6-11-7-9(12(8)2)3-4-10(13)14/h8-9,11H,3-7H2,1-2H3,(H,13,14). The maximum Gasteiger partial charge on any atom is 0.303 e. The molecule has 0 saturated carbocycles. The van der Waals surface area contributed by atoms with Gasteiger partial charge in [0.15, 0.2) is 0 Å². The van der Waals surface area contributed by atoms with Crippen LogP contribution in [0.5, 0.6) is 0 Å². The zero-order valence-corrected chi connectivity index (χ0v) is 8.99. The zero-order chi connectivity index (χ0) is 10.6. The van der Waals surface area contributed by atoms with Crippen molar-refractivity contribution in [2.24, 2.45) is 0 Å². The Kier molecular flexibility index (Phi) is 4.35. The predicted octanol–water partition coefficient (Wildman–Crippen LogP) is 0.533. The van der Waals surface area contributed by atoms with Gasteiger partial charge >= 0.3 is 5.97 Å². The molecule has 1 fully saturated rings. The number of nitrogens with one attached hydrogen (secondary N) is 1. The molecule has 0 radical (unpaired) electrons. The molecule has 4 nitrogen and oxygen atoms in total. The lowest BCUT2D eigenvalue weighted by Gasteiger charge is -2.29. The molecule has 4 heteroatoms. The molecule has 1 rings (SSSR count). The summed E-state index contributed by atoms with van der Waals surface area (Å²) >= 11 is 0. The molecular weight excluding hydrogens is 180 g/mol. The first-order valence-electron chi connectivity index (χ1n) is 5.25. The van der Waals surface area contributed by atoms with Crippen LogP contribution in [0, 0.1) is 0 Å². The molecule has 0 bridgehead atoms. The van der Waals surface area contributed by atoms with E-state index in [2.05, 4.69) is 24.2 Å². The van der Waals surface area contributed by atoms with Gasteiger partial charge in [-0.2, -0.15) is 0 Å². The summed E-state index contributed by atoms with van der Waals surface area (Å²) in [6, 6.07) is 0.910. The third-order valence-electron chi connectivity index (χ3n) is 3.08. The predicted molar refractivity (Wildman–Crippen MR) is 55.4 cm³/mol. The summed E-state index contributed by atoms with van der Waals surface area (Å²) in [4.78, 5) is 12.8. The van der Waals surface area contributed by atoms with Crippen molar-refractivity contribution < 1.29 is 9.90 Å². The third kappa shape index (κ3) is 3.27. The molecule has 2 N–H and O–H groups in total. The molecule has 2 atom stereocenters. The molecule has 0 aromatic carbocycles. The van der Waals surface area contributed by atoms with Gasteiger partial charge in [-0.3, -0.25) is 9.69 Å². The van der Waals surface area contributed by atoms with E-state index in [4.69, 9.17) is 5.11 Å². The average Bonchev–Trinajstić information content (AvgIpc) is 2.28. The van der Waals surface area contributed by atoms with E-state index in [0.717, 1.165) is 25.9 Å². The molecular formula is C10H20N2O2. The second kappa shape index (κ2) is 5.32. The molecule has 1 aliphatic rings. The van der Waals surface area contributed by atoms with E-state index >= 15 is 0 Å². The SMILES string of the molecule is CC1CCNCC(CCC(=O)O)N1C. The first-order valence-corrected chi connectivity index (χ1v) is 5.25. The summed E-state index contributed by atoms with van der Waals surface area (Å²) in [7, 11) is 2.09. The monoisotopic (exact) mass is 200 g/mol. The summed E-state index contributed by atoms with van der Waals surface area (Å²) in [5, 5.41) is 12.0. The Morgan fingerprint density at radius 3 is 3.00 bits per heavy atom. The average molecular weight is 200 g/mol. The molecule has 0 amide bonds. The van der Waals surface area contributed by atoms with Crippen molar-refractivity contribution in [2.75, 3.05) is 20.1 Å². The summed E-state index contributed by atoms with van der Waals surface area (Å²) in [5.74, 6) is -0.699. The second-order valence-electron chi connectivity index (χ2n) is 4.09. The van der Waals surface area contributed by atoms with Crippen molar-refractivity contribution in [3.63, 3.8) is 0 Å². The molecule has 82 valence electrons. The third-order valence-corrected chi connectivity index (χ3v) is 3.08. The summed E-state index contributed by atoms with van der Waals surface area (Å²) in [6.45, 7) is 4.14. The number of carbonyl (C=O) groups is 1. The lowest BCUT2D eigenvalue weighted by Crippen LogP contribution is -2.40. The van der Waals surface area contributed by atoms with Gasteiger partial charge in [-0.05, 0) is 33.4 Å². The summed E-state index contributed by atoms with van der Waals surface area (Å²) < 4.78 is 0. The minimum atomic E-state index is -0.699. The highest BCUT2D eigenvalue weighted by Crippen LogP contribution is 2.13. The summed E-state index contributed by atoms with van der Waals surface area (Å²) in [5.41, 5.74) is 0. The smallest absolute Gasteiger partial charge is 0.303 e. The van der Waals surface area contributed by atoms with Gasteiger partial charge in [-0.25, -0.2) is 0 Å². The molecule has 1 heterocycles. The lowest BCUT2D eigenvalue weighted by atomic mass is 10.1. The molecule has 0 spiro atoms. The molecule has 2 unspecified atom stereocenters. The van der Waals surface area contributed by atoms with Crippen molar-refractivity contribution in [3.8, 4) is 0 Å². The van der Waals surface area contributed by atoms with Crippen LogP contribution in [0.15, 0.2) is 0 Å². The number of carboxylic acid groups (broad SMARTS) is 1.